The monoisotopic (exact) mass is 219 g/mol. The average molecular weight is 219 g/mol. The van der Waals surface area contributed by atoms with Crippen LogP contribution in [0.3, 0.4) is 0 Å². The fourth-order valence-corrected chi connectivity index (χ4v) is 1.94. The lowest BCUT2D eigenvalue weighted by Crippen LogP contribution is -2.08. The number of nitrogens with zero attached hydrogens (tertiary/aromatic N) is 4. The number of halogens is 1. The van der Waals surface area contributed by atoms with Gasteiger partial charge in [-0.15, -0.1) is 0 Å². The minimum atomic E-state index is -0.900. The Bertz CT molecular complexity index is 561. The number of nitrogen functional groups attached to an aromatic ring is 1. The van der Waals surface area contributed by atoms with E-state index in [0.717, 1.165) is 0 Å². The Balaban J connectivity index is 2.12. The normalized spacial score (nSPS) is 24.3. The van der Waals surface area contributed by atoms with Crippen LogP contribution in [0.4, 0.5) is 10.2 Å². The Labute approximate surface area is 90.8 Å². The van der Waals surface area contributed by atoms with Crippen molar-refractivity contribution >= 4 is 16.9 Å². The number of allylic oxidation sites excluding steroid dienone is 2. The molecule has 0 spiro atoms. The molecule has 2 aromatic rings. The van der Waals surface area contributed by atoms with Gasteiger partial charge in [0.05, 0.1) is 17.6 Å². The first-order valence-electron chi connectivity index (χ1n) is 5.02. The summed E-state index contributed by atoms with van der Waals surface area (Å²) < 4.78 is 14.7. The molecule has 0 fully saturated rings. The molecule has 0 amide bonds. The van der Waals surface area contributed by atoms with E-state index >= 15 is 0 Å². The minimum Gasteiger partial charge on any atom is -0.383 e. The molecule has 0 saturated carbocycles. The van der Waals surface area contributed by atoms with E-state index in [1.54, 1.807) is 23.0 Å². The van der Waals surface area contributed by atoms with Crippen LogP contribution in [0.15, 0.2) is 24.7 Å². The van der Waals surface area contributed by atoms with Crippen LogP contribution in [0.2, 0.25) is 0 Å². The minimum absolute atomic E-state index is 0.0817. The van der Waals surface area contributed by atoms with Gasteiger partial charge in [-0.25, -0.2) is 19.0 Å². The Morgan fingerprint density at radius 2 is 2.25 bits per heavy atom. The van der Waals surface area contributed by atoms with Crippen molar-refractivity contribution in [2.24, 2.45) is 0 Å². The molecule has 2 atom stereocenters. The number of nitrogens with two attached hydrogens (primary N) is 1. The van der Waals surface area contributed by atoms with Crippen molar-refractivity contribution in [1.29, 1.82) is 0 Å². The van der Waals surface area contributed by atoms with Crippen molar-refractivity contribution in [1.82, 2.24) is 19.7 Å². The first kappa shape index (κ1) is 9.26. The summed E-state index contributed by atoms with van der Waals surface area (Å²) in [5, 5.41) is 4.90. The molecule has 1 aliphatic rings. The highest BCUT2D eigenvalue weighted by Crippen LogP contribution is 2.28. The molecule has 2 aromatic heterocycles. The van der Waals surface area contributed by atoms with Crippen molar-refractivity contribution in [3.8, 4) is 0 Å². The fourth-order valence-electron chi connectivity index (χ4n) is 1.94. The number of hydrogen-bond acceptors (Lipinski definition) is 4. The Morgan fingerprint density at radius 3 is 3.00 bits per heavy atom. The van der Waals surface area contributed by atoms with Gasteiger partial charge in [-0.05, 0) is 0 Å². The summed E-state index contributed by atoms with van der Waals surface area (Å²) in [6, 6.07) is -0.0817. The lowest BCUT2D eigenvalue weighted by Gasteiger charge is -2.09. The number of rotatable bonds is 1. The zero-order valence-corrected chi connectivity index (χ0v) is 8.42. The first-order valence-corrected chi connectivity index (χ1v) is 5.02. The third-order valence-corrected chi connectivity index (χ3v) is 2.74. The summed E-state index contributed by atoms with van der Waals surface area (Å²) in [5.41, 5.74) is 6.35. The lowest BCUT2D eigenvalue weighted by molar-refractivity contribution is 0.357. The van der Waals surface area contributed by atoms with Gasteiger partial charge in [0.15, 0.2) is 5.65 Å². The van der Waals surface area contributed by atoms with Crippen LogP contribution in [0.5, 0.6) is 0 Å². The smallest absolute Gasteiger partial charge is 0.163 e. The number of hydrogen-bond donors (Lipinski definition) is 1. The Hall–Kier alpha value is -1.98. The van der Waals surface area contributed by atoms with Crippen molar-refractivity contribution in [3.63, 3.8) is 0 Å². The summed E-state index contributed by atoms with van der Waals surface area (Å²) in [6.07, 6.45) is 5.85. The van der Waals surface area contributed by atoms with Crippen molar-refractivity contribution in [2.75, 3.05) is 5.73 Å². The largest absolute Gasteiger partial charge is 0.383 e. The second-order valence-electron chi connectivity index (χ2n) is 3.79. The molecule has 0 unspecified atom stereocenters. The summed E-state index contributed by atoms with van der Waals surface area (Å²) in [6.45, 7) is 0. The van der Waals surface area contributed by atoms with E-state index in [-0.39, 0.29) is 6.04 Å². The van der Waals surface area contributed by atoms with Gasteiger partial charge >= 0.3 is 0 Å². The predicted molar refractivity (Wildman–Crippen MR) is 57.4 cm³/mol. The Morgan fingerprint density at radius 1 is 1.38 bits per heavy atom. The van der Waals surface area contributed by atoms with Crippen LogP contribution < -0.4 is 5.73 Å². The molecule has 1 aliphatic carbocycles. The Kier molecular flexibility index (Phi) is 1.89. The molecule has 2 N–H and O–H groups in total. The maximum absolute atomic E-state index is 13.1. The van der Waals surface area contributed by atoms with Crippen molar-refractivity contribution in [3.05, 3.63) is 24.7 Å². The van der Waals surface area contributed by atoms with Crippen LogP contribution in [-0.4, -0.2) is 25.9 Å². The van der Waals surface area contributed by atoms with Gasteiger partial charge in [0.2, 0.25) is 0 Å². The highest BCUT2D eigenvalue weighted by atomic mass is 19.1. The molecular formula is C10H10FN5. The summed E-state index contributed by atoms with van der Waals surface area (Å²) in [5.74, 6) is 0.398. The second kappa shape index (κ2) is 3.26. The third-order valence-electron chi connectivity index (χ3n) is 2.74. The average Bonchev–Trinajstić information content (AvgIpc) is 2.84. The van der Waals surface area contributed by atoms with E-state index in [0.29, 0.717) is 23.3 Å². The molecule has 0 aromatic carbocycles. The molecule has 0 aliphatic heterocycles. The summed E-state index contributed by atoms with van der Waals surface area (Å²) in [7, 11) is 0. The van der Waals surface area contributed by atoms with Gasteiger partial charge in [0, 0.05) is 6.42 Å². The predicted octanol–water partition coefficient (Wildman–Crippen LogP) is 1.25. The SMILES string of the molecule is Nc1ncnc2c1cnn2[C@H]1C=C[C@H](F)C1. The molecule has 3 rings (SSSR count). The zero-order chi connectivity index (χ0) is 11.1. The van der Waals surface area contributed by atoms with Gasteiger partial charge in [0.1, 0.15) is 18.3 Å². The quantitative estimate of drug-likeness (QED) is 0.733. The van der Waals surface area contributed by atoms with Crippen molar-refractivity contribution < 1.29 is 4.39 Å². The first-order chi connectivity index (χ1) is 7.75. The molecule has 0 bridgehead atoms. The van der Waals surface area contributed by atoms with Crippen LogP contribution in [0, 0.1) is 0 Å². The highest BCUT2D eigenvalue weighted by molar-refractivity contribution is 5.84. The molecule has 5 nitrogen and oxygen atoms in total. The van der Waals surface area contributed by atoms with E-state index in [4.69, 9.17) is 5.73 Å². The summed E-state index contributed by atoms with van der Waals surface area (Å²) in [4.78, 5) is 8.01. The van der Waals surface area contributed by atoms with Gasteiger partial charge < -0.3 is 5.73 Å². The third kappa shape index (κ3) is 1.26. The molecule has 6 heteroatoms. The van der Waals surface area contributed by atoms with E-state index < -0.39 is 6.17 Å². The van der Waals surface area contributed by atoms with Gasteiger partial charge in [-0.1, -0.05) is 12.2 Å². The highest BCUT2D eigenvalue weighted by Gasteiger charge is 2.22. The standard InChI is InChI=1S/C10H10FN5/c11-6-1-2-7(3-6)16-10-8(4-15-16)9(12)13-5-14-10/h1-2,4-7H,3H2,(H2,12,13,14)/t6-,7-/m0/s1. The van der Waals surface area contributed by atoms with E-state index in [9.17, 15) is 4.39 Å². The van der Waals surface area contributed by atoms with E-state index in [2.05, 4.69) is 15.1 Å². The lowest BCUT2D eigenvalue weighted by atomic mass is 10.2. The maximum Gasteiger partial charge on any atom is 0.163 e. The molecule has 2 heterocycles. The summed E-state index contributed by atoms with van der Waals surface area (Å²) >= 11 is 0. The van der Waals surface area contributed by atoms with Crippen LogP contribution in [0.25, 0.3) is 11.0 Å². The van der Waals surface area contributed by atoms with Crippen molar-refractivity contribution in [2.45, 2.75) is 18.6 Å². The van der Waals surface area contributed by atoms with Gasteiger partial charge in [-0.2, -0.15) is 5.10 Å². The van der Waals surface area contributed by atoms with Crippen LogP contribution in [0.1, 0.15) is 12.5 Å². The number of alkyl halides is 1. The second-order valence-corrected chi connectivity index (χ2v) is 3.79. The topological polar surface area (TPSA) is 69.6 Å². The fraction of sp³-hybridized carbons (Fsp3) is 0.300. The number of anilines is 1. The number of aromatic nitrogens is 4. The molecule has 0 radical (unpaired) electrons. The van der Waals surface area contributed by atoms with Gasteiger partial charge in [-0.3, -0.25) is 0 Å². The van der Waals surface area contributed by atoms with Crippen LogP contribution >= 0.6 is 0 Å². The zero-order valence-electron chi connectivity index (χ0n) is 8.42. The maximum atomic E-state index is 13.1. The number of fused-ring (bicyclic) bond motifs is 1. The molecule has 82 valence electrons. The molecule has 0 saturated heterocycles. The molecular weight excluding hydrogens is 209 g/mol. The van der Waals surface area contributed by atoms with Gasteiger partial charge in [0.25, 0.3) is 0 Å². The van der Waals surface area contributed by atoms with E-state index in [1.807, 2.05) is 0 Å². The van der Waals surface area contributed by atoms with E-state index in [1.165, 1.54) is 6.33 Å². The molecule has 16 heavy (non-hydrogen) atoms. The van der Waals surface area contributed by atoms with Crippen LogP contribution in [-0.2, 0) is 0 Å².